The van der Waals surface area contributed by atoms with Crippen LogP contribution in [0.3, 0.4) is 0 Å². The lowest BCUT2D eigenvalue weighted by Crippen LogP contribution is -2.11. The third-order valence-corrected chi connectivity index (χ3v) is 6.62. The van der Waals surface area contributed by atoms with E-state index < -0.39 is 10.0 Å². The van der Waals surface area contributed by atoms with Gasteiger partial charge < -0.3 is 8.98 Å². The number of hydrogen-bond donors (Lipinski definition) is 1. The van der Waals surface area contributed by atoms with Crippen molar-refractivity contribution in [3.63, 3.8) is 0 Å². The number of primary sulfonamides is 1. The number of rotatable bonds is 8. The van der Waals surface area contributed by atoms with E-state index in [1.807, 2.05) is 31.2 Å². The summed E-state index contributed by atoms with van der Waals surface area (Å²) in [6, 6.07) is 12.7. The minimum atomic E-state index is -3.78. The van der Waals surface area contributed by atoms with Crippen molar-refractivity contribution in [3.05, 3.63) is 53.9 Å². The van der Waals surface area contributed by atoms with Crippen LogP contribution >= 0.6 is 11.8 Å². The van der Waals surface area contributed by atoms with Gasteiger partial charge in [-0.25, -0.2) is 18.5 Å². The topological polar surface area (TPSA) is 117 Å². The largest absolute Gasteiger partial charge is 0.411 e. The van der Waals surface area contributed by atoms with Crippen molar-refractivity contribution in [3.8, 4) is 11.5 Å². The summed E-state index contributed by atoms with van der Waals surface area (Å²) < 4.78 is 31.3. The van der Waals surface area contributed by atoms with Gasteiger partial charge in [-0.2, -0.15) is 0 Å². The Morgan fingerprint density at radius 3 is 2.61 bits per heavy atom. The first kappa shape index (κ1) is 21.5. The van der Waals surface area contributed by atoms with E-state index in [4.69, 9.17) is 9.56 Å². The number of aryl methyl sites for hydroxylation is 2. The number of nitrogens with zero attached hydrogens (tertiary/aromatic N) is 4. The zero-order valence-corrected chi connectivity index (χ0v) is 18.9. The molecule has 2 N–H and O–H groups in total. The molecule has 0 aliphatic heterocycles. The highest BCUT2D eigenvalue weighted by Crippen LogP contribution is 2.28. The number of aromatic nitrogens is 4. The molecule has 2 aromatic carbocycles. The molecule has 0 fully saturated rings. The first-order valence-corrected chi connectivity index (χ1v) is 12.4. The minimum absolute atomic E-state index is 0.0546. The van der Waals surface area contributed by atoms with Crippen LogP contribution in [-0.2, 0) is 22.3 Å². The molecule has 0 bridgehead atoms. The summed E-state index contributed by atoms with van der Waals surface area (Å²) in [6.45, 7) is 4.93. The van der Waals surface area contributed by atoms with Crippen molar-refractivity contribution in [1.82, 2.24) is 19.7 Å². The molecule has 10 heteroatoms. The standard InChI is InChI=1S/C21H23N5O3S2/c1-3-4-11-26-18-10-9-16(31(22,27)28)12-17(18)23-19(26)13-30-21-25-24-20(29-21)15-7-5-14(2)6-8-15/h5-10,12H,3-4,11,13H2,1-2H3,(H2,22,27,28). The normalized spacial score (nSPS) is 12.0. The maximum Gasteiger partial charge on any atom is 0.277 e. The average Bonchev–Trinajstić information content (AvgIpc) is 3.34. The van der Waals surface area contributed by atoms with Crippen molar-refractivity contribution in [2.45, 2.75) is 49.1 Å². The molecule has 0 aliphatic rings. The Morgan fingerprint density at radius 1 is 1.13 bits per heavy atom. The van der Waals surface area contributed by atoms with Gasteiger partial charge in [0.05, 0.1) is 21.7 Å². The van der Waals surface area contributed by atoms with Crippen LogP contribution in [-0.4, -0.2) is 28.2 Å². The Bertz CT molecular complexity index is 1310. The molecule has 0 radical (unpaired) electrons. The average molecular weight is 458 g/mol. The van der Waals surface area contributed by atoms with E-state index in [1.54, 1.807) is 6.07 Å². The summed E-state index contributed by atoms with van der Waals surface area (Å²) >= 11 is 1.40. The van der Waals surface area contributed by atoms with Gasteiger partial charge in [0.1, 0.15) is 5.82 Å². The van der Waals surface area contributed by atoms with Crippen LogP contribution in [0.2, 0.25) is 0 Å². The van der Waals surface area contributed by atoms with Crippen LogP contribution in [0.5, 0.6) is 0 Å². The van der Waals surface area contributed by atoms with Crippen molar-refractivity contribution >= 4 is 32.8 Å². The predicted octanol–water partition coefficient (Wildman–Crippen LogP) is 4.13. The molecular weight excluding hydrogens is 434 g/mol. The number of hydrogen-bond acceptors (Lipinski definition) is 7. The maximum absolute atomic E-state index is 11.7. The Labute approximate surface area is 184 Å². The van der Waals surface area contributed by atoms with Gasteiger partial charge >= 0.3 is 0 Å². The van der Waals surface area contributed by atoms with Crippen LogP contribution in [0.1, 0.15) is 31.2 Å². The monoisotopic (exact) mass is 457 g/mol. The van der Waals surface area contributed by atoms with E-state index in [9.17, 15) is 8.42 Å². The molecule has 4 aromatic rings. The van der Waals surface area contributed by atoms with Gasteiger partial charge in [-0.3, -0.25) is 0 Å². The summed E-state index contributed by atoms with van der Waals surface area (Å²) in [5, 5.41) is 14.0. The fraction of sp³-hybridized carbons (Fsp3) is 0.286. The molecule has 0 amide bonds. The number of imidazole rings is 1. The second-order valence-corrected chi connectivity index (χ2v) is 9.74. The molecule has 0 unspecified atom stereocenters. The highest BCUT2D eigenvalue weighted by molar-refractivity contribution is 7.98. The Morgan fingerprint density at radius 2 is 1.90 bits per heavy atom. The van der Waals surface area contributed by atoms with E-state index in [-0.39, 0.29) is 4.90 Å². The van der Waals surface area contributed by atoms with Gasteiger partial charge in [0.15, 0.2) is 0 Å². The van der Waals surface area contributed by atoms with E-state index in [2.05, 4.69) is 26.7 Å². The number of thioether (sulfide) groups is 1. The van der Waals surface area contributed by atoms with Crippen molar-refractivity contribution in [2.75, 3.05) is 0 Å². The molecule has 8 nitrogen and oxygen atoms in total. The molecule has 0 saturated carbocycles. The van der Waals surface area contributed by atoms with Crippen LogP contribution in [0, 0.1) is 6.92 Å². The molecule has 162 valence electrons. The van der Waals surface area contributed by atoms with Crippen LogP contribution in [0.25, 0.3) is 22.5 Å². The number of sulfonamides is 1. The zero-order valence-electron chi connectivity index (χ0n) is 17.3. The van der Waals surface area contributed by atoms with Crippen LogP contribution < -0.4 is 5.14 Å². The van der Waals surface area contributed by atoms with Gasteiger partial charge in [0.25, 0.3) is 5.22 Å². The predicted molar refractivity (Wildman–Crippen MR) is 120 cm³/mol. The lowest BCUT2D eigenvalue weighted by atomic mass is 10.1. The highest BCUT2D eigenvalue weighted by atomic mass is 32.2. The molecule has 31 heavy (non-hydrogen) atoms. The summed E-state index contributed by atoms with van der Waals surface area (Å²) in [5.41, 5.74) is 3.51. The first-order chi connectivity index (χ1) is 14.8. The summed E-state index contributed by atoms with van der Waals surface area (Å²) in [6.07, 6.45) is 2.02. The Hall–Kier alpha value is -2.69. The van der Waals surface area contributed by atoms with E-state index in [0.29, 0.717) is 22.4 Å². The fourth-order valence-electron chi connectivity index (χ4n) is 3.22. The molecule has 4 rings (SSSR count). The van der Waals surface area contributed by atoms with Gasteiger partial charge in [-0.15, -0.1) is 10.2 Å². The Balaban J connectivity index is 1.59. The zero-order chi connectivity index (χ0) is 22.0. The van der Waals surface area contributed by atoms with Crippen molar-refractivity contribution in [2.24, 2.45) is 5.14 Å². The van der Waals surface area contributed by atoms with E-state index in [0.717, 1.165) is 41.9 Å². The van der Waals surface area contributed by atoms with E-state index in [1.165, 1.54) is 23.9 Å². The maximum atomic E-state index is 11.7. The summed E-state index contributed by atoms with van der Waals surface area (Å²) in [5.74, 6) is 1.80. The lowest BCUT2D eigenvalue weighted by Gasteiger charge is -2.07. The van der Waals surface area contributed by atoms with E-state index >= 15 is 0 Å². The quantitative estimate of drug-likeness (QED) is 0.395. The number of fused-ring (bicyclic) bond motifs is 1. The molecule has 0 spiro atoms. The second-order valence-electron chi connectivity index (χ2n) is 7.26. The molecule has 0 aliphatic carbocycles. The third-order valence-electron chi connectivity index (χ3n) is 4.89. The first-order valence-electron chi connectivity index (χ1n) is 9.90. The molecule has 2 heterocycles. The smallest absolute Gasteiger partial charge is 0.277 e. The Kier molecular flexibility index (Phi) is 6.12. The molecule has 2 aromatic heterocycles. The highest BCUT2D eigenvalue weighted by Gasteiger charge is 2.16. The number of unbranched alkanes of at least 4 members (excludes halogenated alkanes) is 1. The summed E-state index contributed by atoms with van der Waals surface area (Å²) in [7, 11) is -3.78. The molecular formula is C21H23N5O3S2. The molecule has 0 atom stereocenters. The van der Waals surface area contributed by atoms with Gasteiger partial charge in [-0.05, 0) is 43.7 Å². The number of benzene rings is 2. The fourth-order valence-corrected chi connectivity index (χ4v) is 4.46. The lowest BCUT2D eigenvalue weighted by molar-refractivity contribution is 0.465. The third kappa shape index (κ3) is 4.81. The SMILES string of the molecule is CCCCn1c(CSc2nnc(-c3ccc(C)cc3)o2)nc2cc(S(N)(=O)=O)ccc21. The minimum Gasteiger partial charge on any atom is -0.411 e. The van der Waals surface area contributed by atoms with Gasteiger partial charge in [0, 0.05) is 12.1 Å². The second kappa shape index (κ2) is 8.81. The van der Waals surface area contributed by atoms with Gasteiger partial charge in [-0.1, -0.05) is 42.8 Å². The van der Waals surface area contributed by atoms with Crippen molar-refractivity contribution in [1.29, 1.82) is 0 Å². The van der Waals surface area contributed by atoms with Crippen LogP contribution in [0.15, 0.2) is 57.0 Å². The van der Waals surface area contributed by atoms with Gasteiger partial charge in [0.2, 0.25) is 15.9 Å². The number of nitrogens with two attached hydrogens (primary N) is 1. The molecule has 0 saturated heterocycles. The summed E-state index contributed by atoms with van der Waals surface area (Å²) in [4.78, 5) is 4.72. The van der Waals surface area contributed by atoms with Crippen molar-refractivity contribution < 1.29 is 12.8 Å². The van der Waals surface area contributed by atoms with Crippen LogP contribution in [0.4, 0.5) is 0 Å².